The molecule has 0 aromatic heterocycles. The van der Waals surface area contributed by atoms with Crippen LogP contribution in [0.1, 0.15) is 40.0 Å². The minimum Gasteiger partial charge on any atom is -0.462 e. The molecular formula is C13H23NO3. The minimum absolute atomic E-state index is 0.198. The summed E-state index contributed by atoms with van der Waals surface area (Å²) in [5.74, 6) is -0.198. The van der Waals surface area contributed by atoms with Gasteiger partial charge in [-0.05, 0) is 20.3 Å². The van der Waals surface area contributed by atoms with Crippen molar-refractivity contribution in [3.63, 3.8) is 0 Å². The van der Waals surface area contributed by atoms with Gasteiger partial charge in [0, 0.05) is 18.5 Å². The van der Waals surface area contributed by atoms with Crippen LogP contribution in [0.4, 0.5) is 0 Å². The molecule has 0 amide bonds. The molecule has 0 aromatic carbocycles. The number of rotatable bonds is 6. The van der Waals surface area contributed by atoms with E-state index in [4.69, 9.17) is 9.47 Å². The molecule has 0 radical (unpaired) electrons. The fraction of sp³-hybridized carbons (Fsp3) is 0.769. The van der Waals surface area contributed by atoms with E-state index in [0.717, 1.165) is 31.6 Å². The van der Waals surface area contributed by atoms with Crippen molar-refractivity contribution in [2.24, 2.45) is 0 Å². The largest absolute Gasteiger partial charge is 0.462 e. The molecule has 0 bridgehead atoms. The maximum atomic E-state index is 11.7. The molecular weight excluding hydrogens is 218 g/mol. The first-order valence-corrected chi connectivity index (χ1v) is 6.32. The Morgan fingerprint density at radius 3 is 2.88 bits per heavy atom. The van der Waals surface area contributed by atoms with Gasteiger partial charge < -0.3 is 9.47 Å². The highest BCUT2D eigenvalue weighted by molar-refractivity contribution is 5.88. The van der Waals surface area contributed by atoms with E-state index in [1.807, 2.05) is 26.8 Å². The van der Waals surface area contributed by atoms with Crippen molar-refractivity contribution in [3.05, 3.63) is 11.6 Å². The van der Waals surface area contributed by atoms with E-state index in [1.54, 1.807) is 0 Å². The maximum absolute atomic E-state index is 11.7. The summed E-state index contributed by atoms with van der Waals surface area (Å²) >= 11 is 0. The van der Waals surface area contributed by atoms with Gasteiger partial charge in [0.1, 0.15) is 5.72 Å². The lowest BCUT2D eigenvalue weighted by atomic mass is 10.1. The molecule has 1 aliphatic rings. The van der Waals surface area contributed by atoms with Crippen molar-refractivity contribution in [2.45, 2.75) is 45.8 Å². The summed E-state index contributed by atoms with van der Waals surface area (Å²) < 4.78 is 10.8. The van der Waals surface area contributed by atoms with Crippen molar-refractivity contribution < 1.29 is 14.3 Å². The highest BCUT2D eigenvalue weighted by Gasteiger charge is 2.29. The summed E-state index contributed by atoms with van der Waals surface area (Å²) in [5, 5.41) is 3.25. The first kappa shape index (κ1) is 14.2. The highest BCUT2D eigenvalue weighted by Crippen LogP contribution is 2.16. The molecule has 0 aliphatic carbocycles. The van der Waals surface area contributed by atoms with E-state index in [1.165, 1.54) is 0 Å². The molecule has 4 heteroatoms. The van der Waals surface area contributed by atoms with Crippen molar-refractivity contribution in [2.75, 3.05) is 19.8 Å². The number of ether oxygens (including phenoxy) is 2. The second-order valence-electron chi connectivity index (χ2n) is 4.46. The van der Waals surface area contributed by atoms with Crippen molar-refractivity contribution in [1.82, 2.24) is 5.32 Å². The molecule has 98 valence electrons. The molecule has 1 atom stereocenters. The van der Waals surface area contributed by atoms with E-state index >= 15 is 0 Å². The first-order valence-electron chi connectivity index (χ1n) is 6.32. The summed E-state index contributed by atoms with van der Waals surface area (Å²) in [6.45, 7) is 7.88. The van der Waals surface area contributed by atoms with E-state index in [2.05, 4.69) is 5.32 Å². The van der Waals surface area contributed by atoms with Gasteiger partial charge in [-0.2, -0.15) is 0 Å². The summed E-state index contributed by atoms with van der Waals surface area (Å²) in [5.41, 5.74) is 0.430. The van der Waals surface area contributed by atoms with Crippen molar-refractivity contribution in [3.8, 4) is 0 Å². The zero-order valence-electron chi connectivity index (χ0n) is 11.0. The van der Waals surface area contributed by atoms with Crippen LogP contribution in [-0.2, 0) is 14.3 Å². The molecule has 1 fully saturated rings. The Kier molecular flexibility index (Phi) is 5.65. The zero-order chi connectivity index (χ0) is 12.7. The third kappa shape index (κ3) is 4.48. The van der Waals surface area contributed by atoms with Crippen LogP contribution in [0.2, 0.25) is 0 Å². The van der Waals surface area contributed by atoms with Crippen LogP contribution in [0.15, 0.2) is 11.6 Å². The molecule has 17 heavy (non-hydrogen) atoms. The monoisotopic (exact) mass is 241 g/mol. The van der Waals surface area contributed by atoms with Crippen LogP contribution in [0.5, 0.6) is 0 Å². The molecule has 0 spiro atoms. The predicted octanol–water partition coefficient (Wildman–Crippen LogP) is 2.00. The van der Waals surface area contributed by atoms with E-state index in [-0.39, 0.29) is 11.7 Å². The van der Waals surface area contributed by atoms with E-state index in [9.17, 15) is 4.79 Å². The lowest BCUT2D eigenvalue weighted by Gasteiger charge is -2.23. The number of carbonyl (C=O) groups is 1. The van der Waals surface area contributed by atoms with Crippen LogP contribution in [0.3, 0.4) is 0 Å². The predicted molar refractivity (Wildman–Crippen MR) is 66.6 cm³/mol. The second kappa shape index (κ2) is 6.77. The Morgan fingerprint density at radius 1 is 1.59 bits per heavy atom. The SMILES string of the molecule is CC=C(CCC)C(=O)OCCC1(C)NCCO1. The Labute approximate surface area is 103 Å². The fourth-order valence-corrected chi connectivity index (χ4v) is 1.87. The van der Waals surface area contributed by atoms with Crippen LogP contribution < -0.4 is 5.32 Å². The zero-order valence-corrected chi connectivity index (χ0v) is 11.0. The van der Waals surface area contributed by atoms with Gasteiger partial charge in [-0.15, -0.1) is 0 Å². The molecule has 1 heterocycles. The lowest BCUT2D eigenvalue weighted by molar-refractivity contribution is -0.141. The molecule has 1 rings (SSSR count). The summed E-state index contributed by atoms with van der Waals surface area (Å²) in [4.78, 5) is 11.7. The third-order valence-corrected chi connectivity index (χ3v) is 2.96. The highest BCUT2D eigenvalue weighted by atomic mass is 16.5. The van der Waals surface area contributed by atoms with E-state index in [0.29, 0.717) is 13.0 Å². The van der Waals surface area contributed by atoms with Gasteiger partial charge >= 0.3 is 5.97 Å². The van der Waals surface area contributed by atoms with Crippen LogP contribution in [0, 0.1) is 0 Å². The normalized spacial score (nSPS) is 25.0. The van der Waals surface area contributed by atoms with Gasteiger partial charge in [-0.25, -0.2) is 4.79 Å². The second-order valence-corrected chi connectivity index (χ2v) is 4.46. The van der Waals surface area contributed by atoms with Crippen molar-refractivity contribution in [1.29, 1.82) is 0 Å². The quantitative estimate of drug-likeness (QED) is 0.571. The standard InChI is InChI=1S/C13H23NO3/c1-4-6-11(5-2)12(15)16-9-7-13(3)14-8-10-17-13/h5,14H,4,6-10H2,1-3H3. The third-order valence-electron chi connectivity index (χ3n) is 2.96. The number of hydrogen-bond donors (Lipinski definition) is 1. The van der Waals surface area contributed by atoms with Gasteiger partial charge in [0.25, 0.3) is 0 Å². The summed E-state index contributed by atoms with van der Waals surface area (Å²) in [6.07, 6.45) is 4.25. The van der Waals surface area contributed by atoms with Crippen LogP contribution in [-0.4, -0.2) is 31.5 Å². The minimum atomic E-state index is -0.332. The Balaban J connectivity index is 2.28. The number of carbonyl (C=O) groups excluding carboxylic acids is 1. The summed E-state index contributed by atoms with van der Waals surface area (Å²) in [6, 6.07) is 0. The summed E-state index contributed by atoms with van der Waals surface area (Å²) in [7, 11) is 0. The molecule has 0 aromatic rings. The molecule has 0 saturated carbocycles. The van der Waals surface area contributed by atoms with Gasteiger partial charge in [-0.1, -0.05) is 19.4 Å². The molecule has 1 unspecified atom stereocenters. The molecule has 4 nitrogen and oxygen atoms in total. The fourth-order valence-electron chi connectivity index (χ4n) is 1.87. The number of esters is 1. The molecule has 1 N–H and O–H groups in total. The van der Waals surface area contributed by atoms with Gasteiger partial charge in [-0.3, -0.25) is 5.32 Å². The average molecular weight is 241 g/mol. The van der Waals surface area contributed by atoms with Crippen molar-refractivity contribution >= 4 is 5.97 Å². The smallest absolute Gasteiger partial charge is 0.333 e. The number of hydrogen-bond acceptors (Lipinski definition) is 4. The lowest BCUT2D eigenvalue weighted by Crippen LogP contribution is -2.38. The van der Waals surface area contributed by atoms with Crippen LogP contribution in [0.25, 0.3) is 0 Å². The maximum Gasteiger partial charge on any atom is 0.333 e. The van der Waals surface area contributed by atoms with Gasteiger partial charge in [0.15, 0.2) is 0 Å². The molecule has 1 aliphatic heterocycles. The van der Waals surface area contributed by atoms with Gasteiger partial charge in [0.05, 0.1) is 13.2 Å². The van der Waals surface area contributed by atoms with E-state index < -0.39 is 0 Å². The first-order chi connectivity index (χ1) is 8.11. The Morgan fingerprint density at radius 2 is 2.35 bits per heavy atom. The number of nitrogens with one attached hydrogen (secondary N) is 1. The van der Waals surface area contributed by atoms with Crippen LogP contribution >= 0.6 is 0 Å². The Bertz CT molecular complexity index is 280. The van der Waals surface area contributed by atoms with Gasteiger partial charge in [0.2, 0.25) is 0 Å². The topological polar surface area (TPSA) is 47.6 Å². The number of allylic oxidation sites excluding steroid dienone is 1. The average Bonchev–Trinajstić information content (AvgIpc) is 2.73. The molecule has 1 saturated heterocycles. The Hall–Kier alpha value is -0.870.